The van der Waals surface area contributed by atoms with Crippen molar-refractivity contribution in [2.45, 2.75) is 39.2 Å². The van der Waals surface area contributed by atoms with Gasteiger partial charge in [-0.15, -0.1) is 0 Å². The van der Waals surface area contributed by atoms with E-state index in [0.717, 1.165) is 6.42 Å². The SMILES string of the molecule is CCCC(C)(OC(C)=O)C(=O)I. The Labute approximate surface area is 86.0 Å². The fourth-order valence-corrected chi connectivity index (χ4v) is 1.36. The van der Waals surface area contributed by atoms with Crippen molar-refractivity contribution in [2.75, 3.05) is 0 Å². The lowest BCUT2D eigenvalue weighted by Crippen LogP contribution is -2.36. The highest BCUT2D eigenvalue weighted by molar-refractivity contribution is 14.1. The summed E-state index contributed by atoms with van der Waals surface area (Å²) in [4.78, 5) is 21.8. The normalized spacial score (nSPS) is 15.0. The van der Waals surface area contributed by atoms with Crippen LogP contribution in [0.5, 0.6) is 0 Å². The summed E-state index contributed by atoms with van der Waals surface area (Å²) >= 11 is 1.66. The first-order valence-electron chi connectivity index (χ1n) is 3.82. The molecule has 0 aromatic carbocycles. The van der Waals surface area contributed by atoms with Crippen molar-refractivity contribution in [3.05, 3.63) is 0 Å². The number of rotatable bonds is 4. The summed E-state index contributed by atoms with van der Waals surface area (Å²) in [6, 6.07) is 0. The van der Waals surface area contributed by atoms with Crippen LogP contribution < -0.4 is 0 Å². The largest absolute Gasteiger partial charge is 0.451 e. The minimum absolute atomic E-state index is 0.128. The van der Waals surface area contributed by atoms with Crippen LogP contribution in [0.15, 0.2) is 0 Å². The summed E-state index contributed by atoms with van der Waals surface area (Å²) in [6.07, 6.45) is 1.40. The first-order valence-corrected chi connectivity index (χ1v) is 4.89. The van der Waals surface area contributed by atoms with Crippen molar-refractivity contribution < 1.29 is 14.3 Å². The van der Waals surface area contributed by atoms with E-state index in [4.69, 9.17) is 4.74 Å². The molecular formula is C8H13IO3. The molecular weight excluding hydrogens is 271 g/mol. The number of hydrogen-bond donors (Lipinski definition) is 0. The highest BCUT2D eigenvalue weighted by Crippen LogP contribution is 2.22. The van der Waals surface area contributed by atoms with Crippen LogP contribution in [-0.4, -0.2) is 15.4 Å². The van der Waals surface area contributed by atoms with E-state index in [1.54, 1.807) is 29.5 Å². The third kappa shape index (κ3) is 3.51. The zero-order chi connectivity index (χ0) is 9.78. The molecule has 0 saturated carbocycles. The molecule has 3 nitrogen and oxygen atoms in total. The van der Waals surface area contributed by atoms with E-state index >= 15 is 0 Å². The maximum Gasteiger partial charge on any atom is 0.303 e. The van der Waals surface area contributed by atoms with Gasteiger partial charge in [-0.1, -0.05) is 13.3 Å². The summed E-state index contributed by atoms with van der Waals surface area (Å²) in [5, 5.41) is 0. The van der Waals surface area contributed by atoms with Crippen molar-refractivity contribution in [1.82, 2.24) is 0 Å². The third-order valence-electron chi connectivity index (χ3n) is 1.51. The van der Waals surface area contributed by atoms with Crippen LogP contribution in [0.3, 0.4) is 0 Å². The van der Waals surface area contributed by atoms with Crippen molar-refractivity contribution in [2.24, 2.45) is 0 Å². The number of halogens is 1. The lowest BCUT2D eigenvalue weighted by Gasteiger charge is -2.24. The van der Waals surface area contributed by atoms with Gasteiger partial charge in [0.15, 0.2) is 5.60 Å². The van der Waals surface area contributed by atoms with Crippen LogP contribution in [0.1, 0.15) is 33.6 Å². The zero-order valence-electron chi connectivity index (χ0n) is 7.52. The van der Waals surface area contributed by atoms with E-state index in [9.17, 15) is 9.59 Å². The van der Waals surface area contributed by atoms with E-state index in [1.165, 1.54) is 6.92 Å². The van der Waals surface area contributed by atoms with Gasteiger partial charge in [-0.2, -0.15) is 0 Å². The van der Waals surface area contributed by atoms with Gasteiger partial charge in [-0.3, -0.25) is 9.59 Å². The molecule has 70 valence electrons. The third-order valence-corrected chi connectivity index (χ3v) is 2.65. The molecule has 0 aromatic heterocycles. The van der Waals surface area contributed by atoms with Gasteiger partial charge in [0, 0.05) is 29.5 Å². The monoisotopic (exact) mass is 284 g/mol. The Morgan fingerprint density at radius 3 is 2.25 bits per heavy atom. The highest BCUT2D eigenvalue weighted by atomic mass is 127. The summed E-state index contributed by atoms with van der Waals surface area (Å²) in [7, 11) is 0. The summed E-state index contributed by atoms with van der Waals surface area (Å²) < 4.78 is 4.82. The Bertz CT molecular complexity index is 191. The second-order valence-electron chi connectivity index (χ2n) is 2.85. The van der Waals surface area contributed by atoms with Crippen LogP contribution in [0.4, 0.5) is 0 Å². The number of carbonyl (C=O) groups excluding carboxylic acids is 2. The van der Waals surface area contributed by atoms with Gasteiger partial charge in [-0.05, 0) is 13.3 Å². The molecule has 0 spiro atoms. The standard InChI is InChI=1S/C8H13IO3/c1-4-5-8(3,7(9)11)12-6(2)10/h4-5H2,1-3H3. The fraction of sp³-hybridized carbons (Fsp3) is 0.750. The van der Waals surface area contributed by atoms with Crippen LogP contribution in [0.2, 0.25) is 0 Å². The molecule has 0 rings (SSSR count). The Kier molecular flexibility index (Phi) is 4.74. The minimum Gasteiger partial charge on any atom is -0.451 e. The Hall–Kier alpha value is -0.130. The molecule has 1 atom stereocenters. The molecule has 0 radical (unpaired) electrons. The van der Waals surface area contributed by atoms with Crippen LogP contribution in [0.25, 0.3) is 0 Å². The number of esters is 1. The minimum atomic E-state index is -0.929. The van der Waals surface area contributed by atoms with Gasteiger partial charge in [0.1, 0.15) is 0 Å². The molecule has 0 aromatic rings. The predicted octanol–water partition coefficient (Wildman–Crippen LogP) is 2.07. The molecule has 0 saturated heterocycles. The molecule has 0 fully saturated rings. The molecule has 0 aliphatic carbocycles. The molecule has 0 aliphatic rings. The van der Waals surface area contributed by atoms with Crippen LogP contribution in [-0.2, 0) is 14.3 Å². The molecule has 4 heteroatoms. The van der Waals surface area contributed by atoms with E-state index in [2.05, 4.69) is 0 Å². The van der Waals surface area contributed by atoms with Gasteiger partial charge < -0.3 is 4.74 Å². The van der Waals surface area contributed by atoms with E-state index in [0.29, 0.717) is 6.42 Å². The van der Waals surface area contributed by atoms with Crippen molar-refractivity contribution >= 4 is 32.4 Å². The molecule has 0 aliphatic heterocycles. The topological polar surface area (TPSA) is 43.4 Å². The smallest absolute Gasteiger partial charge is 0.303 e. The molecule has 0 N–H and O–H groups in total. The first kappa shape index (κ1) is 11.9. The molecule has 0 bridgehead atoms. The highest BCUT2D eigenvalue weighted by Gasteiger charge is 2.33. The average Bonchev–Trinajstić information content (AvgIpc) is 1.85. The second-order valence-corrected chi connectivity index (χ2v) is 3.83. The van der Waals surface area contributed by atoms with E-state index in [1.807, 2.05) is 6.92 Å². The fourth-order valence-electron chi connectivity index (χ4n) is 0.984. The van der Waals surface area contributed by atoms with Gasteiger partial charge >= 0.3 is 5.97 Å². The van der Waals surface area contributed by atoms with Crippen molar-refractivity contribution in [3.63, 3.8) is 0 Å². The lowest BCUT2D eigenvalue weighted by molar-refractivity contribution is -0.160. The quantitative estimate of drug-likeness (QED) is 0.451. The van der Waals surface area contributed by atoms with E-state index < -0.39 is 11.6 Å². The molecule has 12 heavy (non-hydrogen) atoms. The average molecular weight is 284 g/mol. The number of ether oxygens (including phenoxy) is 1. The predicted molar refractivity (Wildman–Crippen MR) is 54.1 cm³/mol. The molecule has 0 heterocycles. The Morgan fingerprint density at radius 2 is 2.00 bits per heavy atom. The second kappa shape index (κ2) is 4.79. The van der Waals surface area contributed by atoms with E-state index in [-0.39, 0.29) is 3.79 Å². The van der Waals surface area contributed by atoms with Crippen LogP contribution in [0, 0.1) is 0 Å². The molecule has 1 unspecified atom stereocenters. The van der Waals surface area contributed by atoms with Crippen molar-refractivity contribution in [1.29, 1.82) is 0 Å². The number of hydrogen-bond acceptors (Lipinski definition) is 3. The maximum absolute atomic E-state index is 11.1. The van der Waals surface area contributed by atoms with Gasteiger partial charge in [0.25, 0.3) is 0 Å². The summed E-state index contributed by atoms with van der Waals surface area (Å²) in [5.74, 6) is -0.407. The summed E-state index contributed by atoms with van der Waals surface area (Å²) in [5.41, 5.74) is -0.929. The van der Waals surface area contributed by atoms with Crippen molar-refractivity contribution in [3.8, 4) is 0 Å². The van der Waals surface area contributed by atoms with Crippen LogP contribution >= 0.6 is 22.6 Å². The van der Waals surface area contributed by atoms with Gasteiger partial charge in [0.2, 0.25) is 3.79 Å². The van der Waals surface area contributed by atoms with Gasteiger partial charge in [0.05, 0.1) is 0 Å². The lowest BCUT2D eigenvalue weighted by atomic mass is 10.0. The molecule has 0 amide bonds. The summed E-state index contributed by atoms with van der Waals surface area (Å²) in [6.45, 7) is 4.90. The maximum atomic E-state index is 11.1. The Morgan fingerprint density at radius 1 is 1.50 bits per heavy atom. The Balaban J connectivity index is 4.38. The zero-order valence-corrected chi connectivity index (χ0v) is 9.67. The van der Waals surface area contributed by atoms with Gasteiger partial charge in [-0.25, -0.2) is 0 Å². The number of carbonyl (C=O) groups is 2. The first-order chi connectivity index (χ1) is 5.42.